The molecule has 0 radical (unpaired) electrons. The molecule has 0 spiro atoms. The first-order valence-electron chi connectivity index (χ1n) is 7.32. The second-order valence-electron chi connectivity index (χ2n) is 5.74. The number of nitrogens with zero attached hydrogens (tertiary/aromatic N) is 4. The Bertz CT molecular complexity index is 435. The van der Waals surface area contributed by atoms with E-state index in [4.69, 9.17) is 0 Å². The van der Waals surface area contributed by atoms with Crippen molar-refractivity contribution in [2.75, 3.05) is 20.1 Å². The summed E-state index contributed by atoms with van der Waals surface area (Å²) >= 11 is 0. The Morgan fingerprint density at radius 1 is 1.55 bits per heavy atom. The molecule has 2 rings (SSSR count). The van der Waals surface area contributed by atoms with Crippen LogP contribution in [0.2, 0.25) is 0 Å². The Morgan fingerprint density at radius 3 is 2.95 bits per heavy atom. The van der Waals surface area contributed by atoms with E-state index in [0.717, 1.165) is 25.2 Å². The number of carbonyl (C=O) groups is 1. The molecule has 1 aromatic rings. The SMILES string of the molecule is CC(C)N1CCC(N(C)C(=O)CCc2ccncn2)C1. The summed E-state index contributed by atoms with van der Waals surface area (Å²) in [7, 11) is 1.93. The molecule has 0 aliphatic carbocycles. The van der Waals surface area contributed by atoms with Crippen LogP contribution in [0.5, 0.6) is 0 Å². The lowest BCUT2D eigenvalue weighted by atomic mass is 10.1. The lowest BCUT2D eigenvalue weighted by Crippen LogP contribution is -2.40. The fourth-order valence-electron chi connectivity index (χ4n) is 2.63. The van der Waals surface area contributed by atoms with Gasteiger partial charge >= 0.3 is 0 Å². The van der Waals surface area contributed by atoms with Crippen molar-refractivity contribution in [1.82, 2.24) is 19.8 Å². The molecule has 5 heteroatoms. The van der Waals surface area contributed by atoms with Gasteiger partial charge in [0.1, 0.15) is 6.33 Å². The third-order valence-electron chi connectivity index (χ3n) is 4.10. The molecule has 1 fully saturated rings. The Kier molecular flexibility index (Phi) is 5.06. The van der Waals surface area contributed by atoms with Crippen LogP contribution in [0.3, 0.4) is 0 Å². The molecule has 1 aliphatic rings. The zero-order valence-electron chi connectivity index (χ0n) is 12.6. The van der Waals surface area contributed by atoms with Gasteiger partial charge in [-0.2, -0.15) is 0 Å². The van der Waals surface area contributed by atoms with Gasteiger partial charge in [0.15, 0.2) is 0 Å². The molecule has 1 saturated heterocycles. The maximum atomic E-state index is 12.2. The molecule has 5 nitrogen and oxygen atoms in total. The number of aromatic nitrogens is 2. The van der Waals surface area contributed by atoms with E-state index >= 15 is 0 Å². The van der Waals surface area contributed by atoms with Gasteiger partial charge in [-0.15, -0.1) is 0 Å². The van der Waals surface area contributed by atoms with E-state index in [1.165, 1.54) is 6.33 Å². The molecule has 2 heterocycles. The quantitative estimate of drug-likeness (QED) is 0.814. The first-order valence-corrected chi connectivity index (χ1v) is 7.32. The molecule has 0 N–H and O–H groups in total. The maximum absolute atomic E-state index is 12.2. The van der Waals surface area contributed by atoms with E-state index in [2.05, 4.69) is 28.7 Å². The zero-order chi connectivity index (χ0) is 14.5. The number of likely N-dealkylation sites (tertiary alicyclic amines) is 1. The molecule has 0 saturated carbocycles. The molecule has 1 aliphatic heterocycles. The monoisotopic (exact) mass is 276 g/mol. The molecule has 110 valence electrons. The van der Waals surface area contributed by atoms with Crippen LogP contribution in [0.1, 0.15) is 32.4 Å². The Hall–Kier alpha value is -1.49. The minimum atomic E-state index is 0.208. The average Bonchev–Trinajstić information content (AvgIpc) is 2.95. The zero-order valence-corrected chi connectivity index (χ0v) is 12.6. The molecule has 1 unspecified atom stereocenters. The van der Waals surface area contributed by atoms with E-state index in [9.17, 15) is 4.79 Å². The maximum Gasteiger partial charge on any atom is 0.222 e. The van der Waals surface area contributed by atoms with Crippen LogP contribution in [0.25, 0.3) is 0 Å². The largest absolute Gasteiger partial charge is 0.341 e. The standard InChI is InChI=1S/C15H24N4O/c1-12(2)19-9-7-14(10-19)18(3)15(20)5-4-13-6-8-16-11-17-13/h6,8,11-12,14H,4-5,7,9-10H2,1-3H3. The summed E-state index contributed by atoms with van der Waals surface area (Å²) in [6.45, 7) is 6.50. The molecule has 1 atom stereocenters. The van der Waals surface area contributed by atoms with Crippen LogP contribution < -0.4 is 0 Å². The van der Waals surface area contributed by atoms with Gasteiger partial charge in [-0.05, 0) is 32.8 Å². The lowest BCUT2D eigenvalue weighted by Gasteiger charge is -2.26. The minimum absolute atomic E-state index is 0.208. The second-order valence-corrected chi connectivity index (χ2v) is 5.74. The van der Waals surface area contributed by atoms with Gasteiger partial charge < -0.3 is 4.90 Å². The molecule has 0 aromatic carbocycles. The van der Waals surface area contributed by atoms with Crippen molar-refractivity contribution in [2.24, 2.45) is 0 Å². The van der Waals surface area contributed by atoms with E-state index in [0.29, 0.717) is 24.9 Å². The van der Waals surface area contributed by atoms with Gasteiger partial charge in [0.2, 0.25) is 5.91 Å². The summed E-state index contributed by atoms with van der Waals surface area (Å²) < 4.78 is 0. The van der Waals surface area contributed by atoms with Crippen LogP contribution in [-0.2, 0) is 11.2 Å². The number of hydrogen-bond donors (Lipinski definition) is 0. The smallest absolute Gasteiger partial charge is 0.222 e. The van der Waals surface area contributed by atoms with Crippen molar-refractivity contribution in [3.05, 3.63) is 24.3 Å². The van der Waals surface area contributed by atoms with Gasteiger partial charge in [-0.3, -0.25) is 9.69 Å². The third-order valence-corrected chi connectivity index (χ3v) is 4.10. The van der Waals surface area contributed by atoms with Crippen LogP contribution in [0.15, 0.2) is 18.6 Å². The predicted octanol–water partition coefficient (Wildman–Crippen LogP) is 1.35. The highest BCUT2D eigenvalue weighted by molar-refractivity contribution is 5.76. The summed E-state index contributed by atoms with van der Waals surface area (Å²) in [6.07, 6.45) is 5.53. The van der Waals surface area contributed by atoms with Crippen LogP contribution in [0.4, 0.5) is 0 Å². The van der Waals surface area contributed by atoms with Gasteiger partial charge in [0.25, 0.3) is 0 Å². The first kappa shape index (κ1) is 14.9. The predicted molar refractivity (Wildman–Crippen MR) is 78.2 cm³/mol. The molecule has 1 amide bonds. The number of likely N-dealkylation sites (N-methyl/N-ethyl adjacent to an activating group) is 1. The Balaban J connectivity index is 1.81. The number of rotatable bonds is 5. The van der Waals surface area contributed by atoms with Crippen molar-refractivity contribution < 1.29 is 4.79 Å². The molecular weight excluding hydrogens is 252 g/mol. The summed E-state index contributed by atoms with van der Waals surface area (Å²) in [5.41, 5.74) is 0.928. The fraction of sp³-hybridized carbons (Fsp3) is 0.667. The lowest BCUT2D eigenvalue weighted by molar-refractivity contribution is -0.131. The van der Waals surface area contributed by atoms with Crippen molar-refractivity contribution >= 4 is 5.91 Å². The molecule has 20 heavy (non-hydrogen) atoms. The molecule has 0 bridgehead atoms. The highest BCUT2D eigenvalue weighted by atomic mass is 16.2. The van der Waals surface area contributed by atoms with Crippen molar-refractivity contribution in [2.45, 2.75) is 45.2 Å². The average molecular weight is 276 g/mol. The molecule has 1 aromatic heterocycles. The van der Waals surface area contributed by atoms with E-state index in [1.807, 2.05) is 18.0 Å². The van der Waals surface area contributed by atoms with Crippen LogP contribution in [-0.4, -0.2) is 57.9 Å². The van der Waals surface area contributed by atoms with E-state index in [-0.39, 0.29) is 5.91 Å². The number of amides is 1. The summed E-state index contributed by atoms with van der Waals surface area (Å²) in [5.74, 6) is 0.208. The van der Waals surface area contributed by atoms with E-state index in [1.54, 1.807) is 6.20 Å². The van der Waals surface area contributed by atoms with Crippen LogP contribution in [0, 0.1) is 0 Å². The normalized spacial score (nSPS) is 19.5. The first-order chi connectivity index (χ1) is 9.58. The molecular formula is C15H24N4O. The number of carbonyl (C=O) groups excluding carboxylic acids is 1. The number of hydrogen-bond acceptors (Lipinski definition) is 4. The van der Waals surface area contributed by atoms with Crippen molar-refractivity contribution in [1.29, 1.82) is 0 Å². The second kappa shape index (κ2) is 6.79. The minimum Gasteiger partial charge on any atom is -0.341 e. The highest BCUT2D eigenvalue weighted by Gasteiger charge is 2.29. The summed E-state index contributed by atoms with van der Waals surface area (Å²) in [4.78, 5) is 24.6. The Morgan fingerprint density at radius 2 is 2.35 bits per heavy atom. The fourth-order valence-corrected chi connectivity index (χ4v) is 2.63. The highest BCUT2D eigenvalue weighted by Crippen LogP contribution is 2.17. The summed E-state index contributed by atoms with van der Waals surface area (Å²) in [6, 6.07) is 2.78. The van der Waals surface area contributed by atoms with Gasteiger partial charge in [0.05, 0.1) is 0 Å². The van der Waals surface area contributed by atoms with Crippen molar-refractivity contribution in [3.63, 3.8) is 0 Å². The van der Waals surface area contributed by atoms with Gasteiger partial charge in [-0.25, -0.2) is 9.97 Å². The topological polar surface area (TPSA) is 49.3 Å². The van der Waals surface area contributed by atoms with E-state index < -0.39 is 0 Å². The van der Waals surface area contributed by atoms with Crippen LogP contribution >= 0.6 is 0 Å². The van der Waals surface area contributed by atoms with Crippen molar-refractivity contribution in [3.8, 4) is 0 Å². The summed E-state index contributed by atoms with van der Waals surface area (Å²) in [5, 5.41) is 0. The van der Waals surface area contributed by atoms with Gasteiger partial charge in [-0.1, -0.05) is 0 Å². The van der Waals surface area contributed by atoms with Gasteiger partial charge in [0, 0.05) is 50.5 Å². The Labute approximate surface area is 121 Å². The third kappa shape index (κ3) is 3.76. The number of aryl methyl sites for hydroxylation is 1.